The van der Waals surface area contributed by atoms with Gasteiger partial charge in [0, 0.05) is 32.2 Å². The maximum absolute atomic E-state index is 12.3. The van der Waals surface area contributed by atoms with Crippen LogP contribution in [0.5, 0.6) is 0 Å². The zero-order valence-electron chi connectivity index (χ0n) is 15.3. The van der Waals surface area contributed by atoms with E-state index in [1.807, 2.05) is 25.7 Å². The van der Waals surface area contributed by atoms with Crippen molar-refractivity contribution in [2.75, 3.05) is 39.3 Å². The molecule has 0 spiro atoms. The molecule has 2 aliphatic heterocycles. The van der Waals surface area contributed by atoms with Gasteiger partial charge in [-0.15, -0.1) is 0 Å². The van der Waals surface area contributed by atoms with E-state index in [-0.39, 0.29) is 12.1 Å². The van der Waals surface area contributed by atoms with Crippen LogP contribution in [0.2, 0.25) is 0 Å². The number of nitrogens with one attached hydrogen (secondary N) is 1. The van der Waals surface area contributed by atoms with E-state index in [9.17, 15) is 4.79 Å². The van der Waals surface area contributed by atoms with E-state index >= 15 is 0 Å². The van der Waals surface area contributed by atoms with Gasteiger partial charge in [-0.05, 0) is 59.5 Å². The number of nitrogens with zero attached hydrogens (tertiary/aromatic N) is 2. The first kappa shape index (κ1) is 18.5. The molecule has 5 nitrogen and oxygen atoms in total. The van der Waals surface area contributed by atoms with Gasteiger partial charge in [-0.1, -0.05) is 12.8 Å². The first-order chi connectivity index (χ1) is 11.0. The van der Waals surface area contributed by atoms with E-state index in [0.29, 0.717) is 0 Å². The normalized spacial score (nSPS) is 23.8. The third kappa shape index (κ3) is 6.68. The van der Waals surface area contributed by atoms with Crippen molar-refractivity contribution >= 4 is 6.09 Å². The van der Waals surface area contributed by atoms with E-state index in [4.69, 9.17) is 4.74 Å². The molecule has 0 saturated carbocycles. The zero-order valence-corrected chi connectivity index (χ0v) is 15.3. The standard InChI is InChI=1S/C18H35N3O2/c1-18(2,3)23-17(22)21-13-8-9-16(21)15-19-10-14-20-11-6-4-5-7-12-20/h16,19H,4-15H2,1-3H3. The molecule has 0 bridgehead atoms. The van der Waals surface area contributed by atoms with Crippen molar-refractivity contribution in [3.05, 3.63) is 0 Å². The van der Waals surface area contributed by atoms with Gasteiger partial charge in [0.05, 0.1) is 0 Å². The SMILES string of the molecule is CC(C)(C)OC(=O)N1CCCC1CNCCN1CCCCCC1. The minimum atomic E-state index is -0.412. The number of amides is 1. The minimum Gasteiger partial charge on any atom is -0.444 e. The van der Waals surface area contributed by atoms with E-state index in [1.54, 1.807) is 0 Å². The molecule has 134 valence electrons. The highest BCUT2D eigenvalue weighted by Crippen LogP contribution is 2.20. The van der Waals surface area contributed by atoms with Crippen LogP contribution in [-0.2, 0) is 4.74 Å². The maximum atomic E-state index is 12.3. The number of hydrogen-bond acceptors (Lipinski definition) is 4. The van der Waals surface area contributed by atoms with Gasteiger partial charge in [0.2, 0.25) is 0 Å². The first-order valence-electron chi connectivity index (χ1n) is 9.38. The number of carbonyl (C=O) groups is 1. The van der Waals surface area contributed by atoms with Crippen LogP contribution in [0, 0.1) is 0 Å². The molecule has 0 aromatic carbocycles. The van der Waals surface area contributed by atoms with Crippen LogP contribution < -0.4 is 5.32 Å². The lowest BCUT2D eigenvalue weighted by molar-refractivity contribution is 0.0226. The summed E-state index contributed by atoms with van der Waals surface area (Å²) in [5.74, 6) is 0. The summed E-state index contributed by atoms with van der Waals surface area (Å²) >= 11 is 0. The summed E-state index contributed by atoms with van der Waals surface area (Å²) in [5.41, 5.74) is -0.412. The van der Waals surface area contributed by atoms with Crippen LogP contribution in [-0.4, -0.2) is 66.8 Å². The molecule has 1 N–H and O–H groups in total. The van der Waals surface area contributed by atoms with Gasteiger partial charge in [0.25, 0.3) is 0 Å². The number of carbonyl (C=O) groups excluding carboxylic acids is 1. The van der Waals surface area contributed by atoms with E-state index in [1.165, 1.54) is 38.8 Å². The summed E-state index contributed by atoms with van der Waals surface area (Å²) in [7, 11) is 0. The van der Waals surface area contributed by atoms with Crippen LogP contribution in [0.15, 0.2) is 0 Å². The van der Waals surface area contributed by atoms with Crippen molar-refractivity contribution in [2.45, 2.75) is 70.9 Å². The molecule has 1 amide bonds. The first-order valence-corrected chi connectivity index (χ1v) is 9.38. The molecule has 23 heavy (non-hydrogen) atoms. The number of hydrogen-bond donors (Lipinski definition) is 1. The molecule has 0 aromatic heterocycles. The van der Waals surface area contributed by atoms with Crippen molar-refractivity contribution in [2.24, 2.45) is 0 Å². The molecule has 2 aliphatic rings. The molecule has 1 atom stereocenters. The quantitative estimate of drug-likeness (QED) is 0.790. The van der Waals surface area contributed by atoms with Crippen LogP contribution in [0.25, 0.3) is 0 Å². The maximum Gasteiger partial charge on any atom is 0.410 e. The molecular formula is C18H35N3O2. The Bertz CT molecular complexity index is 360. The van der Waals surface area contributed by atoms with Gasteiger partial charge in [0.15, 0.2) is 0 Å². The summed E-state index contributed by atoms with van der Waals surface area (Å²) in [6.07, 6.45) is 7.46. The number of ether oxygens (including phenoxy) is 1. The average molecular weight is 325 g/mol. The fourth-order valence-corrected chi connectivity index (χ4v) is 3.47. The van der Waals surface area contributed by atoms with E-state index < -0.39 is 5.60 Å². The Morgan fingerprint density at radius 3 is 2.43 bits per heavy atom. The second-order valence-electron chi connectivity index (χ2n) is 7.93. The second kappa shape index (κ2) is 8.88. The Kier molecular flexibility index (Phi) is 7.15. The second-order valence-corrected chi connectivity index (χ2v) is 7.93. The summed E-state index contributed by atoms with van der Waals surface area (Å²) in [6, 6.07) is 0.286. The number of rotatable bonds is 5. The summed E-state index contributed by atoms with van der Waals surface area (Å²) < 4.78 is 5.52. The van der Waals surface area contributed by atoms with Crippen LogP contribution in [0.3, 0.4) is 0 Å². The predicted octanol–water partition coefficient (Wildman–Crippen LogP) is 2.85. The number of likely N-dealkylation sites (tertiary alicyclic amines) is 2. The third-order valence-corrected chi connectivity index (χ3v) is 4.69. The minimum absolute atomic E-state index is 0.158. The Morgan fingerprint density at radius 2 is 1.78 bits per heavy atom. The van der Waals surface area contributed by atoms with Gasteiger partial charge < -0.3 is 19.9 Å². The molecule has 1 unspecified atom stereocenters. The smallest absolute Gasteiger partial charge is 0.410 e. The Balaban J connectivity index is 1.66. The lowest BCUT2D eigenvalue weighted by atomic mass is 10.2. The summed E-state index contributed by atoms with van der Waals surface area (Å²) in [6.45, 7) is 12.1. The average Bonchev–Trinajstić information content (AvgIpc) is 2.78. The van der Waals surface area contributed by atoms with Crippen LogP contribution in [0.4, 0.5) is 4.79 Å². The molecule has 2 heterocycles. The topological polar surface area (TPSA) is 44.8 Å². The van der Waals surface area contributed by atoms with Crippen LogP contribution >= 0.6 is 0 Å². The fraction of sp³-hybridized carbons (Fsp3) is 0.944. The molecule has 0 aromatic rings. The van der Waals surface area contributed by atoms with Crippen LogP contribution in [0.1, 0.15) is 59.3 Å². The fourth-order valence-electron chi connectivity index (χ4n) is 3.47. The highest BCUT2D eigenvalue weighted by Gasteiger charge is 2.31. The molecule has 5 heteroatoms. The van der Waals surface area contributed by atoms with Gasteiger partial charge in [0.1, 0.15) is 5.60 Å². The third-order valence-electron chi connectivity index (χ3n) is 4.69. The summed E-state index contributed by atoms with van der Waals surface area (Å²) in [4.78, 5) is 16.7. The predicted molar refractivity (Wildman–Crippen MR) is 93.7 cm³/mol. The van der Waals surface area contributed by atoms with Gasteiger partial charge in [-0.2, -0.15) is 0 Å². The monoisotopic (exact) mass is 325 g/mol. The lowest BCUT2D eigenvalue weighted by Crippen LogP contribution is -2.45. The lowest BCUT2D eigenvalue weighted by Gasteiger charge is -2.29. The molecule has 2 fully saturated rings. The highest BCUT2D eigenvalue weighted by atomic mass is 16.6. The van der Waals surface area contributed by atoms with Crippen molar-refractivity contribution in [1.82, 2.24) is 15.1 Å². The summed E-state index contributed by atoms with van der Waals surface area (Å²) in [5, 5.41) is 3.55. The Morgan fingerprint density at radius 1 is 1.09 bits per heavy atom. The zero-order chi connectivity index (χ0) is 16.7. The van der Waals surface area contributed by atoms with Gasteiger partial charge in [-0.25, -0.2) is 4.79 Å². The molecule has 0 radical (unpaired) electrons. The van der Waals surface area contributed by atoms with Crippen molar-refractivity contribution in [3.8, 4) is 0 Å². The van der Waals surface area contributed by atoms with E-state index in [2.05, 4.69) is 10.2 Å². The Labute approximate surface area is 141 Å². The van der Waals surface area contributed by atoms with Gasteiger partial charge >= 0.3 is 6.09 Å². The molecular weight excluding hydrogens is 290 g/mol. The molecule has 0 aliphatic carbocycles. The highest BCUT2D eigenvalue weighted by molar-refractivity contribution is 5.69. The van der Waals surface area contributed by atoms with Gasteiger partial charge in [-0.3, -0.25) is 0 Å². The van der Waals surface area contributed by atoms with E-state index in [0.717, 1.165) is 39.0 Å². The largest absolute Gasteiger partial charge is 0.444 e. The van der Waals surface area contributed by atoms with Crippen molar-refractivity contribution < 1.29 is 9.53 Å². The molecule has 2 rings (SSSR count). The van der Waals surface area contributed by atoms with Crippen molar-refractivity contribution in [1.29, 1.82) is 0 Å². The van der Waals surface area contributed by atoms with Crippen molar-refractivity contribution in [3.63, 3.8) is 0 Å². The Hall–Kier alpha value is -0.810. The molecule has 2 saturated heterocycles.